The van der Waals surface area contributed by atoms with Crippen LogP contribution in [0.4, 0.5) is 0 Å². The maximum atomic E-state index is 6.77. The van der Waals surface area contributed by atoms with E-state index in [-0.39, 0.29) is 0 Å². The van der Waals surface area contributed by atoms with Crippen LogP contribution >= 0.6 is 0 Å². The normalized spacial score (nSPS) is 12.1. The number of hydrogen-bond donors (Lipinski definition) is 0. The van der Waals surface area contributed by atoms with Crippen molar-refractivity contribution in [3.05, 3.63) is 133 Å². The Hall–Kier alpha value is -5.28. The third-order valence-corrected chi connectivity index (χ3v) is 8.08. The predicted molar refractivity (Wildman–Crippen MR) is 162 cm³/mol. The van der Waals surface area contributed by atoms with Crippen molar-refractivity contribution in [2.24, 2.45) is 0 Å². The van der Waals surface area contributed by atoms with E-state index in [2.05, 4.69) is 143 Å². The Labute approximate surface area is 223 Å². The molecule has 0 aliphatic rings. The molecule has 0 atom stereocenters. The molecule has 9 rings (SSSR count). The highest BCUT2D eigenvalue weighted by molar-refractivity contribution is 6.39. The standard InChI is InChI=1S/C36H22N2O/c1-3-13-23(14-4-1)37-28-20-10-7-17-25(28)31-32-27-19-9-12-22-30(27)39-36(32)33-26-18-8-11-21-29(26)38(35(33)34(31)37)24-15-5-2-6-16-24/h1-22H. The minimum atomic E-state index is 0.911. The van der Waals surface area contributed by atoms with Crippen molar-refractivity contribution in [3.63, 3.8) is 0 Å². The van der Waals surface area contributed by atoms with Gasteiger partial charge in [-0.15, -0.1) is 0 Å². The number of furan rings is 1. The van der Waals surface area contributed by atoms with Crippen molar-refractivity contribution in [3.8, 4) is 11.4 Å². The molecule has 0 bridgehead atoms. The van der Waals surface area contributed by atoms with Gasteiger partial charge in [-0.2, -0.15) is 0 Å². The number of fused-ring (bicyclic) bond motifs is 12. The fourth-order valence-electron chi connectivity index (χ4n) is 6.57. The van der Waals surface area contributed by atoms with Crippen LogP contribution < -0.4 is 0 Å². The van der Waals surface area contributed by atoms with Crippen molar-refractivity contribution < 1.29 is 4.42 Å². The van der Waals surface area contributed by atoms with Gasteiger partial charge in [-0.3, -0.25) is 0 Å². The van der Waals surface area contributed by atoms with Gasteiger partial charge in [0.05, 0.1) is 27.5 Å². The highest BCUT2D eigenvalue weighted by Gasteiger charge is 2.27. The largest absolute Gasteiger partial charge is 0.455 e. The van der Waals surface area contributed by atoms with E-state index in [4.69, 9.17) is 4.42 Å². The summed E-state index contributed by atoms with van der Waals surface area (Å²) in [7, 11) is 0. The van der Waals surface area contributed by atoms with Gasteiger partial charge < -0.3 is 13.6 Å². The van der Waals surface area contributed by atoms with E-state index in [0.717, 1.165) is 44.3 Å². The Morgan fingerprint density at radius 2 is 0.846 bits per heavy atom. The summed E-state index contributed by atoms with van der Waals surface area (Å²) < 4.78 is 11.6. The third kappa shape index (κ3) is 2.66. The van der Waals surface area contributed by atoms with Crippen molar-refractivity contribution in [2.75, 3.05) is 0 Å². The van der Waals surface area contributed by atoms with E-state index in [1.165, 1.54) is 32.6 Å². The zero-order valence-electron chi connectivity index (χ0n) is 21.0. The lowest BCUT2D eigenvalue weighted by Gasteiger charge is -2.12. The monoisotopic (exact) mass is 498 g/mol. The average Bonchev–Trinajstić information content (AvgIpc) is 3.66. The molecule has 39 heavy (non-hydrogen) atoms. The molecule has 9 aromatic rings. The molecule has 0 radical (unpaired) electrons. The van der Waals surface area contributed by atoms with E-state index in [9.17, 15) is 0 Å². The van der Waals surface area contributed by atoms with E-state index in [0.29, 0.717) is 0 Å². The van der Waals surface area contributed by atoms with Crippen LogP contribution in [0.1, 0.15) is 0 Å². The average molecular weight is 499 g/mol. The summed E-state index contributed by atoms with van der Waals surface area (Å²) in [6.07, 6.45) is 0. The molecule has 0 spiro atoms. The molecule has 0 unspecified atom stereocenters. The lowest BCUT2D eigenvalue weighted by atomic mass is 10.0. The van der Waals surface area contributed by atoms with Gasteiger partial charge >= 0.3 is 0 Å². The van der Waals surface area contributed by atoms with Gasteiger partial charge in [0.2, 0.25) is 0 Å². The zero-order chi connectivity index (χ0) is 25.5. The summed E-state index contributed by atoms with van der Waals surface area (Å²) in [5.74, 6) is 0. The molecule has 6 aromatic carbocycles. The minimum Gasteiger partial charge on any atom is -0.455 e. The SMILES string of the molecule is c1ccc(-n2c3ccccc3c3c4oc5ccccc5c4c4c5ccccc5n(-c5ccccc5)c4c32)cc1. The Morgan fingerprint density at radius 3 is 1.46 bits per heavy atom. The molecule has 0 aliphatic carbocycles. The molecule has 3 heteroatoms. The molecule has 182 valence electrons. The van der Waals surface area contributed by atoms with Gasteiger partial charge in [-0.1, -0.05) is 91.0 Å². The van der Waals surface area contributed by atoms with Gasteiger partial charge in [0.15, 0.2) is 0 Å². The predicted octanol–water partition coefficient (Wildman–Crippen LogP) is 9.78. The van der Waals surface area contributed by atoms with Gasteiger partial charge in [-0.05, 0) is 42.5 Å². The number of aromatic nitrogens is 2. The maximum absolute atomic E-state index is 6.77. The van der Waals surface area contributed by atoms with Crippen molar-refractivity contribution >= 4 is 65.6 Å². The Balaban J connectivity index is 1.71. The van der Waals surface area contributed by atoms with Crippen LogP contribution in [0.3, 0.4) is 0 Å². The second-order valence-corrected chi connectivity index (χ2v) is 10.1. The molecule has 3 nitrogen and oxygen atoms in total. The van der Waals surface area contributed by atoms with Crippen molar-refractivity contribution in [2.45, 2.75) is 0 Å². The first kappa shape index (κ1) is 20.7. The van der Waals surface area contributed by atoms with E-state index in [1.54, 1.807) is 0 Å². The number of para-hydroxylation sites is 5. The third-order valence-electron chi connectivity index (χ3n) is 8.08. The second kappa shape index (κ2) is 7.62. The van der Waals surface area contributed by atoms with E-state index >= 15 is 0 Å². The van der Waals surface area contributed by atoms with Crippen LogP contribution in [-0.2, 0) is 0 Å². The molecule has 3 heterocycles. The zero-order valence-corrected chi connectivity index (χ0v) is 21.0. The minimum absolute atomic E-state index is 0.911. The number of hydrogen-bond acceptors (Lipinski definition) is 1. The highest BCUT2D eigenvalue weighted by atomic mass is 16.3. The Bertz CT molecular complexity index is 2370. The Morgan fingerprint density at radius 1 is 0.385 bits per heavy atom. The summed E-state index contributed by atoms with van der Waals surface area (Å²) in [5, 5.41) is 7.10. The summed E-state index contributed by atoms with van der Waals surface area (Å²) >= 11 is 0. The van der Waals surface area contributed by atoms with Gasteiger partial charge in [0, 0.05) is 38.3 Å². The molecule has 3 aromatic heterocycles. The molecule has 0 aliphatic heterocycles. The first-order valence-electron chi connectivity index (χ1n) is 13.3. The number of rotatable bonds is 2. The van der Waals surface area contributed by atoms with E-state index < -0.39 is 0 Å². The van der Waals surface area contributed by atoms with Crippen LogP contribution in [0.15, 0.2) is 138 Å². The van der Waals surface area contributed by atoms with Crippen LogP contribution in [0, 0.1) is 0 Å². The number of nitrogens with zero attached hydrogens (tertiary/aromatic N) is 2. The maximum Gasteiger partial charge on any atom is 0.146 e. The molecule has 0 saturated heterocycles. The fraction of sp³-hybridized carbons (Fsp3) is 0. The van der Waals surface area contributed by atoms with Crippen LogP contribution in [0.5, 0.6) is 0 Å². The quantitative estimate of drug-likeness (QED) is 0.233. The lowest BCUT2D eigenvalue weighted by molar-refractivity contribution is 0.673. The highest BCUT2D eigenvalue weighted by Crippen LogP contribution is 2.49. The van der Waals surface area contributed by atoms with Crippen molar-refractivity contribution in [1.29, 1.82) is 0 Å². The first-order chi connectivity index (χ1) is 19.4. The van der Waals surface area contributed by atoms with Gasteiger partial charge in [0.25, 0.3) is 0 Å². The fourth-order valence-corrected chi connectivity index (χ4v) is 6.57. The number of benzene rings is 6. The lowest BCUT2D eigenvalue weighted by Crippen LogP contribution is -1.98. The Kier molecular flexibility index (Phi) is 4.05. The second-order valence-electron chi connectivity index (χ2n) is 10.1. The van der Waals surface area contributed by atoms with E-state index in [1.807, 2.05) is 0 Å². The van der Waals surface area contributed by atoms with Crippen LogP contribution in [0.25, 0.3) is 76.9 Å². The van der Waals surface area contributed by atoms with Gasteiger partial charge in [0.1, 0.15) is 11.2 Å². The molecular weight excluding hydrogens is 476 g/mol. The molecule has 0 saturated carbocycles. The topological polar surface area (TPSA) is 23.0 Å². The first-order valence-corrected chi connectivity index (χ1v) is 13.3. The summed E-state index contributed by atoms with van der Waals surface area (Å²) in [4.78, 5) is 0. The summed E-state index contributed by atoms with van der Waals surface area (Å²) in [6.45, 7) is 0. The smallest absolute Gasteiger partial charge is 0.146 e. The molecule has 0 amide bonds. The summed E-state index contributed by atoms with van der Waals surface area (Å²) in [5.41, 5.74) is 8.82. The molecule has 0 N–H and O–H groups in total. The van der Waals surface area contributed by atoms with Gasteiger partial charge in [-0.25, -0.2) is 0 Å². The van der Waals surface area contributed by atoms with Crippen molar-refractivity contribution in [1.82, 2.24) is 9.13 Å². The van der Waals surface area contributed by atoms with Crippen LogP contribution in [-0.4, -0.2) is 9.13 Å². The molecule has 0 fully saturated rings. The summed E-state index contributed by atoms with van der Waals surface area (Å²) in [6, 6.07) is 47.3. The molecular formula is C36H22N2O. The van der Waals surface area contributed by atoms with Crippen LogP contribution in [0.2, 0.25) is 0 Å².